The largest absolute Gasteiger partial charge is 0.507 e. The second kappa shape index (κ2) is 20.3. The maximum atomic E-state index is 14.6. The second-order valence-electron chi connectivity index (χ2n) is 22.9. The van der Waals surface area contributed by atoms with Gasteiger partial charge in [0.2, 0.25) is 17.7 Å². The van der Waals surface area contributed by atoms with Crippen molar-refractivity contribution in [3.63, 3.8) is 0 Å². The van der Waals surface area contributed by atoms with Gasteiger partial charge in [-0.05, 0) is 132 Å². The van der Waals surface area contributed by atoms with E-state index in [4.69, 9.17) is 6.42 Å². The average Bonchev–Trinajstić information content (AvgIpc) is 3.77. The van der Waals surface area contributed by atoms with E-state index in [1.54, 1.807) is 12.1 Å². The molecule has 15 nitrogen and oxygen atoms in total. The molecule has 1 spiro atoms. The minimum absolute atomic E-state index is 0.0223. The summed E-state index contributed by atoms with van der Waals surface area (Å²) < 4.78 is 14.6. The number of piperazine rings is 1. The van der Waals surface area contributed by atoms with Crippen LogP contribution < -0.4 is 20.9 Å². The molecule has 0 unspecified atom stereocenters. The van der Waals surface area contributed by atoms with E-state index in [0.717, 1.165) is 76.5 Å². The summed E-state index contributed by atoms with van der Waals surface area (Å²) in [6, 6.07) is 14.2. The molecule has 5 N–H and O–H groups in total. The summed E-state index contributed by atoms with van der Waals surface area (Å²) in [5, 5.41) is 39.4. The smallest absolute Gasteiger partial charge is 0.246 e. The molecule has 3 amide bonds. The number of rotatable bonds is 10. The van der Waals surface area contributed by atoms with Crippen LogP contribution >= 0.6 is 0 Å². The van der Waals surface area contributed by atoms with Crippen molar-refractivity contribution in [3.8, 4) is 29.4 Å². The van der Waals surface area contributed by atoms with E-state index < -0.39 is 41.2 Å². The number of aliphatic hydroxyl groups excluding tert-OH is 1. The number of benzene rings is 2. The number of terminal acetylenes is 1. The summed E-state index contributed by atoms with van der Waals surface area (Å²) in [5.41, 5.74) is 2.77. The quantitative estimate of drug-likeness (QED) is 0.174. The van der Waals surface area contributed by atoms with E-state index in [1.165, 1.54) is 68.6 Å². The zero-order valence-corrected chi connectivity index (χ0v) is 41.8. The zero-order valence-electron chi connectivity index (χ0n) is 41.8. The normalized spacial score (nSPS) is 28.3. The molecule has 6 fully saturated rings. The lowest BCUT2D eigenvalue weighted by Crippen LogP contribution is -2.61. The van der Waals surface area contributed by atoms with Gasteiger partial charge in [0.1, 0.15) is 23.7 Å². The van der Waals surface area contributed by atoms with Gasteiger partial charge in [0.15, 0.2) is 5.82 Å². The predicted octanol–water partition coefficient (Wildman–Crippen LogP) is 4.96. The lowest BCUT2D eigenvalue weighted by Gasteiger charge is -2.56. The molecule has 7 aliphatic rings. The SMILES string of the molecule is C#Cc1ccc(CNC(=O)[C@@H]2C[C@@H](O)CN2C(=O)[C@@H](NC(=O)[C@H]2CCC3(CC2)C[C@H](N2CCC(N4CCC(N5CCN6c7cc(-c8ccccc8O)nnc7NC[C@H]6C5)CC4)CC2)C3)C(C)(C)C)c(F)c1. The molecule has 1 aromatic heterocycles. The number of nitrogens with one attached hydrogen (secondary N) is 3. The number of amides is 3. The number of hydrogen-bond acceptors (Lipinski definition) is 12. The van der Waals surface area contributed by atoms with Crippen LogP contribution in [-0.4, -0.2) is 159 Å². The van der Waals surface area contributed by atoms with Crippen molar-refractivity contribution in [2.45, 2.75) is 140 Å². The minimum atomic E-state index is -0.948. The lowest BCUT2D eigenvalue weighted by molar-refractivity contribution is -0.145. The molecule has 4 atom stereocenters. The number of fused-ring (bicyclic) bond motifs is 3. The third-order valence-electron chi connectivity index (χ3n) is 17.5. The first-order valence-electron chi connectivity index (χ1n) is 26.4. The Morgan fingerprint density at radius 1 is 0.859 bits per heavy atom. The van der Waals surface area contributed by atoms with Gasteiger partial charge in [-0.25, -0.2) is 4.39 Å². The number of para-hydroxylation sites is 1. The lowest BCUT2D eigenvalue weighted by atomic mass is 9.56. The van der Waals surface area contributed by atoms with Gasteiger partial charge in [0.25, 0.3) is 0 Å². The number of nitrogens with zero attached hydrogens (tertiary/aromatic N) is 7. The van der Waals surface area contributed by atoms with Crippen molar-refractivity contribution in [1.82, 2.24) is 40.4 Å². The van der Waals surface area contributed by atoms with E-state index in [-0.39, 0.29) is 42.6 Å². The molecule has 2 aliphatic carbocycles. The molecule has 0 bridgehead atoms. The van der Waals surface area contributed by atoms with Crippen molar-refractivity contribution in [3.05, 3.63) is 65.5 Å². The fraction of sp³-hybridized carbons (Fsp3) is 0.618. The Hall–Kier alpha value is -5.34. The summed E-state index contributed by atoms with van der Waals surface area (Å²) in [7, 11) is 0. The average molecular weight is 973 g/mol. The summed E-state index contributed by atoms with van der Waals surface area (Å²) in [6.07, 6.45) is 15.5. The maximum absolute atomic E-state index is 14.6. The molecular formula is C55H73FN10O5. The van der Waals surface area contributed by atoms with Crippen molar-refractivity contribution >= 4 is 29.2 Å². The number of phenolic OH excluding ortho intramolecular Hbond substituents is 1. The highest BCUT2D eigenvalue weighted by Gasteiger charge is 2.50. The topological polar surface area (TPSA) is 170 Å². The number of phenols is 1. The first kappa shape index (κ1) is 49.2. The Morgan fingerprint density at radius 3 is 2.23 bits per heavy atom. The van der Waals surface area contributed by atoms with Crippen LogP contribution in [0.3, 0.4) is 0 Å². The van der Waals surface area contributed by atoms with Gasteiger partial charge < -0.3 is 45.8 Å². The van der Waals surface area contributed by atoms with Gasteiger partial charge in [-0.2, -0.15) is 0 Å². The highest BCUT2D eigenvalue weighted by atomic mass is 19.1. The number of aromatic nitrogens is 2. The molecule has 0 radical (unpaired) electrons. The molecule has 380 valence electrons. The third-order valence-corrected chi connectivity index (χ3v) is 17.5. The number of carbonyl (C=O) groups is 3. The fourth-order valence-corrected chi connectivity index (χ4v) is 13.3. The van der Waals surface area contributed by atoms with Crippen molar-refractivity contribution in [1.29, 1.82) is 0 Å². The van der Waals surface area contributed by atoms with Crippen LogP contribution in [0.15, 0.2) is 48.5 Å². The molecule has 2 aromatic carbocycles. The summed E-state index contributed by atoms with van der Waals surface area (Å²) in [4.78, 5) is 53.7. The summed E-state index contributed by atoms with van der Waals surface area (Å²) in [5.74, 6) is 1.72. The second-order valence-corrected chi connectivity index (χ2v) is 22.9. The first-order valence-corrected chi connectivity index (χ1v) is 26.4. The molecule has 10 rings (SSSR count). The standard InChI is InChI=1S/C55H73FN10O5/c1-5-35-10-11-37(44(56)26-35)31-58-52(70)47-27-42(67)34-66(47)53(71)49(54(2,3)4)59-51(69)36-12-18-55(19-13-36)29-40(30-55)63-22-14-38(15-23-63)62-20-16-39(17-21-62)64-24-25-65-41(33-64)32-57-50-46(65)28-45(60-61-50)43-8-6-7-9-48(43)68/h1,6-11,26,28,36,38-42,47,49,67-68H,12-25,27,29-34H2,2-4H3,(H,57,61)(H,58,70)(H,59,69)/t36-,40-,41-,42+,47-,49+,55?/m0/s1. The van der Waals surface area contributed by atoms with E-state index in [2.05, 4.69) is 57.7 Å². The highest BCUT2D eigenvalue weighted by Crippen LogP contribution is 2.55. The highest BCUT2D eigenvalue weighted by molar-refractivity contribution is 5.93. The van der Waals surface area contributed by atoms with E-state index in [1.807, 2.05) is 39.0 Å². The Morgan fingerprint density at radius 2 is 1.55 bits per heavy atom. The van der Waals surface area contributed by atoms with Gasteiger partial charge in [0.05, 0.1) is 23.5 Å². The van der Waals surface area contributed by atoms with Gasteiger partial charge in [0, 0.05) is 86.4 Å². The Bertz CT molecular complexity index is 2480. The van der Waals surface area contributed by atoms with Crippen LogP contribution in [0.4, 0.5) is 15.9 Å². The van der Waals surface area contributed by atoms with Crippen molar-refractivity contribution < 1.29 is 29.0 Å². The van der Waals surface area contributed by atoms with Crippen LogP contribution in [0.25, 0.3) is 11.3 Å². The molecule has 4 saturated heterocycles. The monoisotopic (exact) mass is 973 g/mol. The number of β-amino-alcohol motifs (C(OH)–C–C–N with tert-alkyl or cyclic N) is 1. The summed E-state index contributed by atoms with van der Waals surface area (Å²) >= 11 is 0. The third kappa shape index (κ3) is 10.3. The Labute approximate surface area is 418 Å². The Kier molecular flexibility index (Phi) is 14.1. The van der Waals surface area contributed by atoms with Crippen LogP contribution in [0.5, 0.6) is 5.75 Å². The molecule has 71 heavy (non-hydrogen) atoms. The molecule has 6 heterocycles. The molecule has 2 saturated carbocycles. The summed E-state index contributed by atoms with van der Waals surface area (Å²) in [6.45, 7) is 14.1. The predicted molar refractivity (Wildman–Crippen MR) is 271 cm³/mol. The van der Waals surface area contributed by atoms with Gasteiger partial charge >= 0.3 is 0 Å². The van der Waals surface area contributed by atoms with Crippen LogP contribution in [0.1, 0.15) is 103 Å². The zero-order chi connectivity index (χ0) is 49.6. The number of anilines is 2. The number of carbonyl (C=O) groups excluding carboxylic acids is 3. The number of aromatic hydroxyl groups is 1. The number of hydrogen-bond donors (Lipinski definition) is 5. The molecule has 16 heteroatoms. The van der Waals surface area contributed by atoms with Crippen LogP contribution in [0, 0.1) is 34.9 Å². The maximum Gasteiger partial charge on any atom is 0.246 e. The Balaban J connectivity index is 0.646. The van der Waals surface area contributed by atoms with E-state index in [0.29, 0.717) is 46.4 Å². The molecule has 3 aromatic rings. The minimum Gasteiger partial charge on any atom is -0.507 e. The van der Waals surface area contributed by atoms with E-state index >= 15 is 0 Å². The number of halogens is 1. The fourth-order valence-electron chi connectivity index (χ4n) is 13.3. The number of piperidine rings is 2. The number of aliphatic hydroxyl groups is 1. The van der Waals surface area contributed by atoms with Gasteiger partial charge in [-0.15, -0.1) is 16.6 Å². The van der Waals surface area contributed by atoms with Crippen molar-refractivity contribution in [2.24, 2.45) is 16.7 Å². The number of likely N-dealkylation sites (tertiary alicyclic amines) is 3. The van der Waals surface area contributed by atoms with E-state index in [9.17, 15) is 29.0 Å². The van der Waals surface area contributed by atoms with Crippen molar-refractivity contribution in [2.75, 3.05) is 69.1 Å². The van der Waals surface area contributed by atoms with Gasteiger partial charge in [-0.1, -0.05) is 44.9 Å². The van der Waals surface area contributed by atoms with Crippen LogP contribution in [-0.2, 0) is 20.9 Å². The molecular weight excluding hydrogens is 900 g/mol. The molecule has 5 aliphatic heterocycles. The first-order chi connectivity index (χ1) is 34.1. The van der Waals surface area contributed by atoms with Gasteiger partial charge in [-0.3, -0.25) is 19.3 Å². The van der Waals surface area contributed by atoms with Crippen LogP contribution in [0.2, 0.25) is 0 Å².